The molecule has 0 saturated heterocycles. The first-order valence-electron chi connectivity index (χ1n) is 8.44. The van der Waals surface area contributed by atoms with Gasteiger partial charge in [0.2, 0.25) is 0 Å². The van der Waals surface area contributed by atoms with Crippen LogP contribution in [0.3, 0.4) is 0 Å². The van der Waals surface area contributed by atoms with Crippen molar-refractivity contribution >= 4 is 35.0 Å². The predicted molar refractivity (Wildman–Crippen MR) is 106 cm³/mol. The first-order valence-corrected chi connectivity index (χ1v) is 9.26. The van der Waals surface area contributed by atoms with Gasteiger partial charge in [0.1, 0.15) is 6.07 Å². The van der Waals surface area contributed by atoms with Crippen LogP contribution in [0.15, 0.2) is 76.5 Å². The second kappa shape index (κ2) is 7.22. The van der Waals surface area contributed by atoms with Crippen molar-refractivity contribution in [2.24, 2.45) is 0 Å². The van der Waals surface area contributed by atoms with E-state index in [9.17, 15) is 25.0 Å². The number of carbonyl (C=O) groups excluding carboxylic acids is 2. The van der Waals surface area contributed by atoms with Crippen LogP contribution in [0.5, 0.6) is 0 Å². The number of amides is 2. The van der Waals surface area contributed by atoms with E-state index in [1.807, 2.05) is 6.07 Å². The summed E-state index contributed by atoms with van der Waals surface area (Å²) in [4.78, 5) is 38.2. The molecule has 1 aliphatic heterocycles. The van der Waals surface area contributed by atoms with Crippen LogP contribution in [0.4, 0.5) is 11.4 Å². The van der Waals surface area contributed by atoms with Crippen LogP contribution in [0.2, 0.25) is 0 Å². The lowest BCUT2D eigenvalue weighted by Gasteiger charge is -2.18. The van der Waals surface area contributed by atoms with Gasteiger partial charge in [0.25, 0.3) is 17.5 Å². The van der Waals surface area contributed by atoms with Crippen LogP contribution in [0.1, 0.15) is 26.3 Å². The zero-order valence-corrected chi connectivity index (χ0v) is 15.6. The molecule has 1 heterocycles. The molecule has 1 aliphatic rings. The summed E-state index contributed by atoms with van der Waals surface area (Å²) in [5.74, 6) is -0.828. The maximum Gasteiger partial charge on any atom is 0.270 e. The second-order valence-electron chi connectivity index (χ2n) is 6.11. The number of hydrogen-bond donors (Lipinski definition) is 0. The van der Waals surface area contributed by atoms with Crippen molar-refractivity contribution in [3.05, 3.63) is 93.5 Å². The number of hydrogen-bond acceptors (Lipinski definition) is 6. The Hall–Kier alpha value is -3.96. The van der Waals surface area contributed by atoms with Gasteiger partial charge in [-0.15, -0.1) is 0 Å². The molecular formula is C21H11N3O4S. The lowest BCUT2D eigenvalue weighted by molar-refractivity contribution is -0.384. The molecule has 0 fully saturated rings. The average Bonchev–Trinajstić information content (AvgIpc) is 2.99. The van der Waals surface area contributed by atoms with E-state index >= 15 is 0 Å². The smallest absolute Gasteiger partial charge is 0.268 e. The fourth-order valence-electron chi connectivity index (χ4n) is 3.06. The van der Waals surface area contributed by atoms with E-state index in [-0.39, 0.29) is 11.3 Å². The molecule has 0 N–H and O–H groups in total. The summed E-state index contributed by atoms with van der Waals surface area (Å²) in [5, 5.41) is 20.3. The standard InChI is InChI=1S/C21H11N3O4S/c22-12-13-11-14(24(27)28)9-10-18(13)29-19-8-4-3-7-17(19)23-20(25)15-5-1-2-6-16(15)21(23)26/h1-11H. The maximum atomic E-state index is 12.8. The number of rotatable bonds is 4. The lowest BCUT2D eigenvalue weighted by Crippen LogP contribution is -2.29. The second-order valence-corrected chi connectivity index (χ2v) is 7.19. The molecule has 7 nitrogen and oxygen atoms in total. The van der Waals surface area contributed by atoms with Gasteiger partial charge in [-0.1, -0.05) is 36.0 Å². The molecule has 0 aliphatic carbocycles. The molecule has 3 aromatic rings. The van der Waals surface area contributed by atoms with Crippen molar-refractivity contribution in [3.63, 3.8) is 0 Å². The Morgan fingerprint density at radius 1 is 0.897 bits per heavy atom. The zero-order chi connectivity index (χ0) is 20.5. The Balaban J connectivity index is 1.75. The quantitative estimate of drug-likeness (QED) is 0.364. The van der Waals surface area contributed by atoms with Gasteiger partial charge in [-0.05, 0) is 30.3 Å². The summed E-state index contributed by atoms with van der Waals surface area (Å²) in [6, 6.07) is 19.4. The number of nitro groups is 1. The van der Waals surface area contributed by atoms with Crippen LogP contribution in [0.25, 0.3) is 0 Å². The Kier molecular flexibility index (Phi) is 4.58. The van der Waals surface area contributed by atoms with Gasteiger partial charge in [-0.3, -0.25) is 19.7 Å². The summed E-state index contributed by atoms with van der Waals surface area (Å²) in [7, 11) is 0. The van der Waals surface area contributed by atoms with Crippen molar-refractivity contribution in [1.82, 2.24) is 0 Å². The molecule has 0 unspecified atom stereocenters. The molecule has 0 bridgehead atoms. The number of fused-ring (bicyclic) bond motifs is 1. The number of non-ortho nitro benzene ring substituents is 1. The van der Waals surface area contributed by atoms with E-state index < -0.39 is 16.7 Å². The Morgan fingerprint density at radius 2 is 1.52 bits per heavy atom. The Morgan fingerprint density at radius 3 is 2.14 bits per heavy atom. The summed E-state index contributed by atoms with van der Waals surface area (Å²) in [6.45, 7) is 0. The molecule has 4 rings (SSSR count). The normalized spacial score (nSPS) is 12.6. The first kappa shape index (κ1) is 18.4. The highest BCUT2D eigenvalue weighted by atomic mass is 32.2. The highest BCUT2D eigenvalue weighted by Crippen LogP contribution is 2.40. The number of anilines is 1. The predicted octanol–water partition coefficient (Wildman–Crippen LogP) is 4.42. The summed E-state index contributed by atoms with van der Waals surface area (Å²) < 4.78 is 0. The number of benzene rings is 3. The van der Waals surface area contributed by atoms with Gasteiger partial charge >= 0.3 is 0 Å². The third kappa shape index (κ3) is 3.13. The molecule has 0 atom stereocenters. The SMILES string of the molecule is N#Cc1cc([N+](=O)[O-])ccc1Sc1ccccc1N1C(=O)c2ccccc2C1=O. The number of nitro benzene ring substituents is 1. The highest BCUT2D eigenvalue weighted by molar-refractivity contribution is 7.99. The third-order valence-electron chi connectivity index (χ3n) is 4.41. The van der Waals surface area contributed by atoms with Gasteiger partial charge in [0, 0.05) is 21.9 Å². The minimum atomic E-state index is -0.567. The highest BCUT2D eigenvalue weighted by Gasteiger charge is 2.37. The minimum absolute atomic E-state index is 0.140. The van der Waals surface area contributed by atoms with E-state index in [4.69, 9.17) is 0 Å². The van der Waals surface area contributed by atoms with Crippen molar-refractivity contribution in [3.8, 4) is 6.07 Å². The van der Waals surface area contributed by atoms with E-state index in [0.717, 1.165) is 16.7 Å². The average molecular weight is 401 g/mol. The van der Waals surface area contributed by atoms with Crippen molar-refractivity contribution in [1.29, 1.82) is 5.26 Å². The lowest BCUT2D eigenvalue weighted by atomic mass is 10.1. The van der Waals surface area contributed by atoms with E-state index in [0.29, 0.717) is 26.6 Å². The van der Waals surface area contributed by atoms with Crippen LogP contribution in [0, 0.1) is 21.4 Å². The fourth-order valence-corrected chi connectivity index (χ4v) is 4.06. The molecule has 8 heteroatoms. The molecule has 29 heavy (non-hydrogen) atoms. The summed E-state index contributed by atoms with van der Waals surface area (Å²) in [6.07, 6.45) is 0. The molecular weight excluding hydrogens is 390 g/mol. The number of nitrogens with zero attached hydrogens (tertiary/aromatic N) is 3. The molecule has 140 valence electrons. The van der Waals surface area contributed by atoms with Gasteiger partial charge in [-0.2, -0.15) is 5.26 Å². The van der Waals surface area contributed by atoms with Crippen LogP contribution in [-0.4, -0.2) is 16.7 Å². The van der Waals surface area contributed by atoms with E-state index in [2.05, 4.69) is 0 Å². The van der Waals surface area contributed by atoms with Crippen LogP contribution in [-0.2, 0) is 0 Å². The molecule has 0 spiro atoms. The van der Waals surface area contributed by atoms with Gasteiger partial charge in [0.05, 0.1) is 27.3 Å². The topological polar surface area (TPSA) is 104 Å². The molecule has 0 saturated carbocycles. The van der Waals surface area contributed by atoms with Crippen molar-refractivity contribution < 1.29 is 14.5 Å². The third-order valence-corrected chi connectivity index (χ3v) is 5.56. The maximum absolute atomic E-state index is 12.8. The van der Waals surface area contributed by atoms with Gasteiger partial charge in [0.15, 0.2) is 0 Å². The Labute approximate surface area is 169 Å². The number of imide groups is 1. The van der Waals surface area contributed by atoms with Gasteiger partial charge < -0.3 is 0 Å². The zero-order valence-electron chi connectivity index (χ0n) is 14.7. The Bertz CT molecular complexity index is 1200. The molecule has 0 radical (unpaired) electrons. The molecule has 2 amide bonds. The minimum Gasteiger partial charge on any atom is -0.268 e. The van der Waals surface area contributed by atoms with Crippen molar-refractivity contribution in [2.45, 2.75) is 9.79 Å². The number of para-hydroxylation sites is 1. The number of nitriles is 1. The monoisotopic (exact) mass is 401 g/mol. The first-order chi connectivity index (χ1) is 14.0. The molecule has 0 aromatic heterocycles. The van der Waals surface area contributed by atoms with Crippen LogP contribution >= 0.6 is 11.8 Å². The van der Waals surface area contributed by atoms with Crippen LogP contribution < -0.4 is 4.90 Å². The number of carbonyl (C=O) groups is 2. The summed E-state index contributed by atoms with van der Waals surface area (Å²) >= 11 is 1.16. The largest absolute Gasteiger partial charge is 0.270 e. The van der Waals surface area contributed by atoms with E-state index in [1.165, 1.54) is 18.2 Å². The fraction of sp³-hybridized carbons (Fsp3) is 0. The summed E-state index contributed by atoms with van der Waals surface area (Å²) in [5.41, 5.74) is 1.03. The van der Waals surface area contributed by atoms with Gasteiger partial charge in [-0.25, -0.2) is 4.90 Å². The van der Waals surface area contributed by atoms with E-state index in [1.54, 1.807) is 48.5 Å². The van der Waals surface area contributed by atoms with Crippen molar-refractivity contribution in [2.75, 3.05) is 4.90 Å². The molecule has 3 aromatic carbocycles.